The molecule has 0 atom stereocenters. The Morgan fingerprint density at radius 3 is 2.87 bits per heavy atom. The third-order valence-electron chi connectivity index (χ3n) is 2.20. The second-order valence-corrected chi connectivity index (χ2v) is 4.09. The van der Waals surface area contributed by atoms with Gasteiger partial charge in [-0.2, -0.15) is 0 Å². The van der Waals surface area contributed by atoms with Crippen molar-refractivity contribution < 1.29 is 0 Å². The smallest absolute Gasteiger partial charge is 0.180 e. The van der Waals surface area contributed by atoms with Gasteiger partial charge in [-0.25, -0.2) is 0 Å². The summed E-state index contributed by atoms with van der Waals surface area (Å²) < 4.78 is 1.85. The van der Waals surface area contributed by atoms with Crippen LogP contribution in [-0.2, 0) is 0 Å². The highest BCUT2D eigenvalue weighted by Crippen LogP contribution is 2.24. The van der Waals surface area contributed by atoms with Crippen LogP contribution in [0.4, 0.5) is 5.82 Å². The van der Waals surface area contributed by atoms with Crippen molar-refractivity contribution in [3.8, 4) is 10.7 Å². The number of hydrogen-bond donors (Lipinski definition) is 1. The third-order valence-corrected chi connectivity index (χ3v) is 3.07. The maximum Gasteiger partial charge on any atom is 0.180 e. The van der Waals surface area contributed by atoms with Gasteiger partial charge in [-0.15, -0.1) is 21.5 Å². The van der Waals surface area contributed by atoms with Crippen LogP contribution in [0.1, 0.15) is 0 Å². The molecule has 0 saturated heterocycles. The average Bonchev–Trinajstić information content (AvgIpc) is 2.85. The maximum absolute atomic E-state index is 5.90. The fraction of sp³-hybridized carbons (Fsp3) is 0. The number of nitrogen functional groups attached to an aromatic ring is 1. The molecule has 0 bridgehead atoms. The summed E-state index contributed by atoms with van der Waals surface area (Å²) >= 11 is 1.63. The van der Waals surface area contributed by atoms with E-state index >= 15 is 0 Å². The zero-order chi connectivity index (χ0) is 10.3. The Hall–Kier alpha value is -1.88. The highest BCUT2D eigenvalue weighted by atomic mass is 32.1. The lowest BCUT2D eigenvalue weighted by atomic mass is 10.4. The lowest BCUT2D eigenvalue weighted by Crippen LogP contribution is -1.97. The number of rotatable bonds is 1. The van der Waals surface area contributed by atoms with E-state index in [2.05, 4.69) is 10.2 Å². The summed E-state index contributed by atoms with van der Waals surface area (Å²) in [6.07, 6.45) is 0. The molecule has 0 aliphatic heterocycles. The predicted molar refractivity (Wildman–Crippen MR) is 60.7 cm³/mol. The number of nitrogens with zero attached hydrogens (tertiary/aromatic N) is 3. The van der Waals surface area contributed by atoms with Gasteiger partial charge in [-0.3, -0.25) is 4.40 Å². The van der Waals surface area contributed by atoms with E-state index in [1.54, 1.807) is 11.3 Å². The molecule has 0 amide bonds. The van der Waals surface area contributed by atoms with Gasteiger partial charge in [-0.05, 0) is 23.6 Å². The molecule has 15 heavy (non-hydrogen) atoms. The molecule has 0 unspecified atom stereocenters. The van der Waals surface area contributed by atoms with Crippen molar-refractivity contribution in [3.63, 3.8) is 0 Å². The van der Waals surface area contributed by atoms with Crippen LogP contribution in [0.25, 0.3) is 16.3 Å². The van der Waals surface area contributed by atoms with Crippen LogP contribution in [0.15, 0.2) is 35.7 Å². The van der Waals surface area contributed by atoms with Crippen molar-refractivity contribution >= 4 is 22.8 Å². The average molecular weight is 216 g/mol. The molecule has 3 aromatic heterocycles. The zero-order valence-electron chi connectivity index (χ0n) is 7.79. The van der Waals surface area contributed by atoms with Gasteiger partial charge >= 0.3 is 0 Å². The molecule has 0 aliphatic rings. The molecule has 4 nitrogen and oxygen atoms in total. The van der Waals surface area contributed by atoms with Crippen molar-refractivity contribution in [2.24, 2.45) is 0 Å². The van der Waals surface area contributed by atoms with Crippen LogP contribution < -0.4 is 5.73 Å². The van der Waals surface area contributed by atoms with Crippen LogP contribution in [0, 0.1) is 0 Å². The summed E-state index contributed by atoms with van der Waals surface area (Å²) in [6, 6.07) is 9.60. The van der Waals surface area contributed by atoms with Gasteiger partial charge in [0, 0.05) is 0 Å². The van der Waals surface area contributed by atoms with Crippen LogP contribution in [0.5, 0.6) is 0 Å². The van der Waals surface area contributed by atoms with E-state index in [9.17, 15) is 0 Å². The van der Waals surface area contributed by atoms with E-state index in [0.29, 0.717) is 5.82 Å². The molecular weight excluding hydrogens is 208 g/mol. The molecule has 3 rings (SSSR count). The second-order valence-electron chi connectivity index (χ2n) is 3.15. The number of hydrogen-bond acceptors (Lipinski definition) is 4. The molecule has 5 heteroatoms. The first-order valence-electron chi connectivity index (χ1n) is 4.50. The normalized spacial score (nSPS) is 10.9. The van der Waals surface area contributed by atoms with Crippen molar-refractivity contribution in [1.82, 2.24) is 14.6 Å². The molecular formula is C10H8N4S. The standard InChI is InChI=1S/C10H8N4S/c11-8-4-1-5-9-12-13-10(14(8)9)7-3-2-6-15-7/h1-6H,11H2. The summed E-state index contributed by atoms with van der Waals surface area (Å²) in [4.78, 5) is 1.07. The number of thiophene rings is 1. The zero-order valence-corrected chi connectivity index (χ0v) is 8.61. The largest absolute Gasteiger partial charge is 0.385 e. The van der Waals surface area contributed by atoms with Gasteiger partial charge in [0.15, 0.2) is 11.5 Å². The number of aromatic nitrogens is 3. The fourth-order valence-corrected chi connectivity index (χ4v) is 2.23. The van der Waals surface area contributed by atoms with E-state index in [-0.39, 0.29) is 0 Å². The highest BCUT2D eigenvalue weighted by molar-refractivity contribution is 7.13. The minimum Gasteiger partial charge on any atom is -0.385 e. The van der Waals surface area contributed by atoms with Crippen LogP contribution in [0.3, 0.4) is 0 Å². The van der Waals surface area contributed by atoms with Crippen molar-refractivity contribution in [2.75, 3.05) is 5.73 Å². The van der Waals surface area contributed by atoms with E-state index in [4.69, 9.17) is 5.73 Å². The monoisotopic (exact) mass is 216 g/mol. The Balaban J connectivity index is 2.37. The second kappa shape index (κ2) is 3.06. The summed E-state index contributed by atoms with van der Waals surface area (Å²) in [5.74, 6) is 1.46. The van der Waals surface area contributed by atoms with Crippen molar-refractivity contribution in [2.45, 2.75) is 0 Å². The van der Waals surface area contributed by atoms with E-state index < -0.39 is 0 Å². The molecule has 0 radical (unpaired) electrons. The van der Waals surface area contributed by atoms with Gasteiger partial charge in [0.1, 0.15) is 5.82 Å². The van der Waals surface area contributed by atoms with Gasteiger partial charge in [0.2, 0.25) is 0 Å². The molecule has 0 saturated carbocycles. The molecule has 3 heterocycles. The van der Waals surface area contributed by atoms with Gasteiger partial charge in [0.25, 0.3) is 0 Å². The summed E-state index contributed by atoms with van der Waals surface area (Å²) in [6.45, 7) is 0. The number of fused-ring (bicyclic) bond motifs is 1. The third kappa shape index (κ3) is 1.20. The van der Waals surface area contributed by atoms with E-state index in [1.165, 1.54) is 0 Å². The SMILES string of the molecule is Nc1cccc2nnc(-c3cccs3)n12. The maximum atomic E-state index is 5.90. The Morgan fingerprint density at radius 1 is 1.13 bits per heavy atom. The summed E-state index contributed by atoms with van der Waals surface area (Å²) in [7, 11) is 0. The Kier molecular flexibility index (Phi) is 1.72. The quantitative estimate of drug-likeness (QED) is 0.677. The van der Waals surface area contributed by atoms with Gasteiger partial charge < -0.3 is 5.73 Å². The molecule has 0 fully saturated rings. The summed E-state index contributed by atoms with van der Waals surface area (Å²) in [5.41, 5.74) is 6.67. The Labute approximate surface area is 90.0 Å². The topological polar surface area (TPSA) is 56.2 Å². The minimum absolute atomic E-state index is 0.654. The van der Waals surface area contributed by atoms with Crippen molar-refractivity contribution in [3.05, 3.63) is 35.7 Å². The van der Waals surface area contributed by atoms with Gasteiger partial charge in [-0.1, -0.05) is 12.1 Å². The molecule has 0 aromatic carbocycles. The predicted octanol–water partition coefficient (Wildman–Crippen LogP) is 2.04. The first-order chi connectivity index (χ1) is 7.36. The number of pyridine rings is 1. The molecule has 3 aromatic rings. The molecule has 2 N–H and O–H groups in total. The lowest BCUT2D eigenvalue weighted by molar-refractivity contribution is 1.12. The Morgan fingerprint density at radius 2 is 2.07 bits per heavy atom. The molecule has 0 spiro atoms. The minimum atomic E-state index is 0.654. The van der Waals surface area contributed by atoms with Crippen LogP contribution in [-0.4, -0.2) is 14.6 Å². The number of nitrogens with two attached hydrogens (primary N) is 1. The van der Waals surface area contributed by atoms with Crippen molar-refractivity contribution in [1.29, 1.82) is 0 Å². The van der Waals surface area contributed by atoms with Crippen LogP contribution >= 0.6 is 11.3 Å². The lowest BCUT2D eigenvalue weighted by Gasteiger charge is -2.00. The summed E-state index contributed by atoms with van der Waals surface area (Å²) in [5, 5.41) is 10.2. The first-order valence-corrected chi connectivity index (χ1v) is 5.38. The first kappa shape index (κ1) is 8.43. The van der Waals surface area contributed by atoms with E-state index in [1.807, 2.05) is 40.1 Å². The van der Waals surface area contributed by atoms with Gasteiger partial charge in [0.05, 0.1) is 4.88 Å². The van der Waals surface area contributed by atoms with E-state index in [0.717, 1.165) is 16.3 Å². The fourth-order valence-electron chi connectivity index (χ4n) is 1.53. The Bertz CT molecular complexity index is 597. The molecule has 0 aliphatic carbocycles. The van der Waals surface area contributed by atoms with Crippen LogP contribution in [0.2, 0.25) is 0 Å². The highest BCUT2D eigenvalue weighted by Gasteiger charge is 2.09. The number of anilines is 1. The molecule has 74 valence electrons.